The summed E-state index contributed by atoms with van der Waals surface area (Å²) in [4.78, 5) is 40.1. The lowest BCUT2D eigenvalue weighted by atomic mass is 9.70. The minimum Gasteiger partial charge on any atom is -0.452 e. The molecule has 1 aromatic carbocycles. The third-order valence-electron chi connectivity index (χ3n) is 5.28. The average molecular weight is 383 g/mol. The number of urea groups is 1. The van der Waals surface area contributed by atoms with Gasteiger partial charge in [0.2, 0.25) is 0 Å². The molecule has 0 fully saturated rings. The molecule has 3 amide bonds. The quantitative estimate of drug-likeness (QED) is 0.792. The van der Waals surface area contributed by atoms with E-state index in [-0.39, 0.29) is 5.41 Å². The molecule has 1 unspecified atom stereocenters. The van der Waals surface area contributed by atoms with E-state index in [9.17, 15) is 14.4 Å². The molecule has 7 nitrogen and oxygen atoms in total. The van der Waals surface area contributed by atoms with Gasteiger partial charge in [-0.15, -0.1) is 0 Å². The van der Waals surface area contributed by atoms with Gasteiger partial charge in [-0.3, -0.25) is 15.1 Å². The zero-order valence-corrected chi connectivity index (χ0v) is 16.4. The van der Waals surface area contributed by atoms with Crippen LogP contribution in [0.25, 0.3) is 10.9 Å². The summed E-state index contributed by atoms with van der Waals surface area (Å²) in [5, 5.41) is 2.59. The Morgan fingerprint density at radius 1 is 1.25 bits per heavy atom. The number of rotatable bonds is 3. The summed E-state index contributed by atoms with van der Waals surface area (Å²) in [6.45, 7) is 6.02. The third-order valence-corrected chi connectivity index (χ3v) is 5.28. The molecule has 1 aliphatic rings. The zero-order chi connectivity index (χ0) is 20.5. The lowest BCUT2D eigenvalue weighted by molar-refractivity contribution is -0.123. The number of nitrogens with one attached hydrogen (secondary N) is 1. The van der Waals surface area contributed by atoms with Crippen LogP contribution in [0.4, 0.5) is 4.79 Å². The Morgan fingerprint density at radius 2 is 1.96 bits per heavy atom. The number of benzene rings is 1. The normalized spacial score (nSPS) is 16.3. The van der Waals surface area contributed by atoms with Crippen molar-refractivity contribution >= 4 is 28.8 Å². The van der Waals surface area contributed by atoms with Crippen molar-refractivity contribution in [1.29, 1.82) is 0 Å². The number of primary amides is 1. The van der Waals surface area contributed by atoms with E-state index in [4.69, 9.17) is 15.5 Å². The summed E-state index contributed by atoms with van der Waals surface area (Å²) in [6, 6.07) is 6.43. The van der Waals surface area contributed by atoms with Crippen LogP contribution in [0.15, 0.2) is 24.3 Å². The molecule has 1 heterocycles. The molecule has 2 aromatic rings. The van der Waals surface area contributed by atoms with Crippen LogP contribution in [-0.4, -0.2) is 29.5 Å². The largest absolute Gasteiger partial charge is 0.452 e. The van der Waals surface area contributed by atoms with Crippen molar-refractivity contribution in [3.8, 4) is 0 Å². The van der Waals surface area contributed by atoms with Gasteiger partial charge < -0.3 is 10.5 Å². The maximum Gasteiger partial charge on any atom is 0.339 e. The highest BCUT2D eigenvalue weighted by Crippen LogP contribution is 2.39. The minimum atomic E-state index is -0.985. The van der Waals surface area contributed by atoms with Crippen molar-refractivity contribution < 1.29 is 19.1 Å². The molecule has 3 rings (SSSR count). The van der Waals surface area contributed by atoms with Crippen molar-refractivity contribution in [1.82, 2.24) is 10.3 Å². The monoisotopic (exact) mass is 383 g/mol. The van der Waals surface area contributed by atoms with E-state index in [1.54, 1.807) is 0 Å². The van der Waals surface area contributed by atoms with Crippen LogP contribution in [0.1, 0.15) is 48.8 Å². The number of carbonyl (C=O) groups is 3. The fourth-order valence-corrected chi connectivity index (χ4v) is 3.74. The molecule has 0 radical (unpaired) electrons. The summed E-state index contributed by atoms with van der Waals surface area (Å²) < 4.78 is 5.20. The van der Waals surface area contributed by atoms with Crippen molar-refractivity contribution in [2.75, 3.05) is 6.61 Å². The molecule has 3 N–H and O–H groups in total. The van der Waals surface area contributed by atoms with Gasteiger partial charge in [-0.2, -0.15) is 0 Å². The molecule has 7 heteroatoms. The van der Waals surface area contributed by atoms with E-state index in [0.717, 1.165) is 36.0 Å². The molecule has 1 atom stereocenters. The second kappa shape index (κ2) is 7.58. The Labute approximate surface area is 163 Å². The molecular formula is C21H25N3O4. The molecule has 0 saturated heterocycles. The molecule has 148 valence electrons. The smallest absolute Gasteiger partial charge is 0.339 e. The first-order chi connectivity index (χ1) is 13.2. The predicted octanol–water partition coefficient (Wildman–Crippen LogP) is 2.74. The van der Waals surface area contributed by atoms with Crippen LogP contribution in [0.3, 0.4) is 0 Å². The van der Waals surface area contributed by atoms with Crippen molar-refractivity contribution in [3.63, 3.8) is 0 Å². The molecule has 0 saturated carbocycles. The molecule has 1 aromatic heterocycles. The van der Waals surface area contributed by atoms with Crippen LogP contribution in [0.2, 0.25) is 0 Å². The fourth-order valence-electron chi connectivity index (χ4n) is 3.74. The highest BCUT2D eigenvalue weighted by Gasteiger charge is 2.33. The van der Waals surface area contributed by atoms with E-state index < -0.39 is 24.5 Å². The summed E-state index contributed by atoms with van der Waals surface area (Å²) in [5.41, 5.74) is 8.01. The standard InChI is InChI=1S/C21H25N3O4/c1-21(2,3)12-8-9-16-14(10-12)18(13-6-4-5-7-15(13)23-16)19(26)28-11-17(25)24-20(22)27/h4-7,12H,8-11H2,1-3H3,(H3,22,24,25,27). The van der Waals surface area contributed by atoms with E-state index >= 15 is 0 Å². The lowest BCUT2D eigenvalue weighted by Crippen LogP contribution is -2.38. The number of carbonyl (C=O) groups excluding carboxylic acids is 3. The first kappa shape index (κ1) is 19.8. The average Bonchev–Trinajstić information content (AvgIpc) is 2.62. The predicted molar refractivity (Wildman–Crippen MR) is 105 cm³/mol. The second-order valence-electron chi connectivity index (χ2n) is 8.22. The van der Waals surface area contributed by atoms with Crippen LogP contribution in [0.5, 0.6) is 0 Å². The number of esters is 1. The Kier molecular flexibility index (Phi) is 5.36. The van der Waals surface area contributed by atoms with Crippen LogP contribution >= 0.6 is 0 Å². The zero-order valence-electron chi connectivity index (χ0n) is 16.4. The summed E-state index contributed by atoms with van der Waals surface area (Å²) >= 11 is 0. The number of hydrogen-bond acceptors (Lipinski definition) is 5. The van der Waals surface area contributed by atoms with Crippen LogP contribution in [-0.2, 0) is 22.4 Å². The molecule has 0 aliphatic heterocycles. The molecule has 0 bridgehead atoms. The van der Waals surface area contributed by atoms with Crippen molar-refractivity contribution in [2.24, 2.45) is 17.1 Å². The second-order valence-corrected chi connectivity index (χ2v) is 8.22. The Hall–Kier alpha value is -2.96. The summed E-state index contributed by atoms with van der Waals surface area (Å²) in [6.07, 6.45) is 2.54. The van der Waals surface area contributed by atoms with Crippen LogP contribution in [0, 0.1) is 11.3 Å². The number of hydrogen-bond donors (Lipinski definition) is 2. The van der Waals surface area contributed by atoms with Crippen LogP contribution < -0.4 is 11.1 Å². The van der Waals surface area contributed by atoms with Gasteiger partial charge in [0.05, 0.1) is 11.1 Å². The van der Waals surface area contributed by atoms with E-state index in [0.29, 0.717) is 16.9 Å². The van der Waals surface area contributed by atoms with E-state index in [1.807, 2.05) is 29.6 Å². The van der Waals surface area contributed by atoms with Crippen molar-refractivity contribution in [2.45, 2.75) is 40.0 Å². The number of imide groups is 1. The number of aromatic nitrogens is 1. The number of ether oxygens (including phenoxy) is 1. The number of pyridine rings is 1. The Bertz CT molecular complexity index is 947. The third kappa shape index (κ3) is 4.13. The molecule has 0 spiro atoms. The number of amides is 3. The SMILES string of the molecule is CC(C)(C)C1CCc2nc3ccccc3c(C(=O)OCC(=O)NC(N)=O)c2C1. The fraction of sp³-hybridized carbons (Fsp3) is 0.429. The minimum absolute atomic E-state index is 0.103. The van der Waals surface area contributed by atoms with Gasteiger partial charge in [0.1, 0.15) is 0 Å². The van der Waals surface area contributed by atoms with E-state index in [2.05, 4.69) is 20.8 Å². The number of nitrogens with two attached hydrogens (primary N) is 1. The highest BCUT2D eigenvalue weighted by molar-refractivity contribution is 6.06. The number of nitrogens with zero attached hydrogens (tertiary/aromatic N) is 1. The Morgan fingerprint density at radius 3 is 2.64 bits per heavy atom. The number of aryl methyl sites for hydroxylation is 1. The van der Waals surface area contributed by atoms with E-state index in [1.165, 1.54) is 0 Å². The van der Waals surface area contributed by atoms with Gasteiger partial charge in [0.25, 0.3) is 5.91 Å². The molecule has 28 heavy (non-hydrogen) atoms. The van der Waals surface area contributed by atoms with Gasteiger partial charge in [0.15, 0.2) is 6.61 Å². The summed E-state index contributed by atoms with van der Waals surface area (Å²) in [7, 11) is 0. The summed E-state index contributed by atoms with van der Waals surface area (Å²) in [5.74, 6) is -0.947. The maximum atomic E-state index is 12.9. The van der Waals surface area contributed by atoms with Gasteiger partial charge in [-0.05, 0) is 42.2 Å². The first-order valence-corrected chi connectivity index (χ1v) is 9.33. The Balaban J connectivity index is 1.99. The maximum absolute atomic E-state index is 12.9. The molecular weight excluding hydrogens is 358 g/mol. The van der Waals surface area contributed by atoms with Gasteiger partial charge >= 0.3 is 12.0 Å². The highest BCUT2D eigenvalue weighted by atomic mass is 16.5. The molecule has 1 aliphatic carbocycles. The van der Waals surface area contributed by atoms with Gasteiger partial charge in [-0.25, -0.2) is 9.59 Å². The topological polar surface area (TPSA) is 111 Å². The van der Waals surface area contributed by atoms with Gasteiger partial charge in [0, 0.05) is 11.1 Å². The van der Waals surface area contributed by atoms with Crippen molar-refractivity contribution in [3.05, 3.63) is 41.1 Å². The number of para-hydroxylation sites is 1. The number of fused-ring (bicyclic) bond motifs is 2. The lowest BCUT2D eigenvalue weighted by Gasteiger charge is -2.35. The van der Waals surface area contributed by atoms with Gasteiger partial charge in [-0.1, -0.05) is 39.0 Å². The first-order valence-electron chi connectivity index (χ1n) is 9.33.